The molecule has 2 heterocycles. The van der Waals surface area contributed by atoms with Gasteiger partial charge in [0.15, 0.2) is 0 Å². The maximum absolute atomic E-state index is 11.7. The average molecular weight is 297 g/mol. The molecule has 0 bridgehead atoms. The number of carbonyl (C=O) groups is 1. The van der Waals surface area contributed by atoms with E-state index < -0.39 is 5.97 Å². The molecular formula is C13H17ClN4O2. The first-order valence-electron chi connectivity index (χ1n) is 6.30. The molecule has 2 rings (SSSR count). The van der Waals surface area contributed by atoms with Crippen LogP contribution in [0.15, 0.2) is 6.20 Å². The molecule has 0 aliphatic heterocycles. The second-order valence-corrected chi connectivity index (χ2v) is 4.83. The van der Waals surface area contributed by atoms with Gasteiger partial charge in [-0.15, -0.1) is 0 Å². The van der Waals surface area contributed by atoms with Crippen LogP contribution >= 0.6 is 11.6 Å². The number of aromatic nitrogens is 4. The normalized spacial score (nSPS) is 10.8. The molecule has 0 saturated heterocycles. The van der Waals surface area contributed by atoms with Crippen molar-refractivity contribution in [3.63, 3.8) is 0 Å². The van der Waals surface area contributed by atoms with Gasteiger partial charge in [0.1, 0.15) is 11.5 Å². The van der Waals surface area contributed by atoms with Crippen molar-refractivity contribution in [2.45, 2.75) is 26.8 Å². The summed E-state index contributed by atoms with van der Waals surface area (Å²) in [7, 11) is 3.19. The molecule has 0 N–H and O–H groups in total. The maximum Gasteiger partial charge on any atom is 0.356 e. The SMILES string of the molecule is CCc1nn(C)c(Cn2c(C(=O)OC)cnc2C)c1Cl. The Morgan fingerprint density at radius 3 is 2.75 bits per heavy atom. The molecule has 20 heavy (non-hydrogen) atoms. The zero-order valence-corrected chi connectivity index (χ0v) is 12.7. The Balaban J connectivity index is 2.43. The van der Waals surface area contributed by atoms with Crippen LogP contribution < -0.4 is 0 Å². The maximum atomic E-state index is 11.7. The van der Waals surface area contributed by atoms with Crippen LogP contribution in [0.2, 0.25) is 5.02 Å². The summed E-state index contributed by atoms with van der Waals surface area (Å²) in [6.45, 7) is 4.26. The van der Waals surface area contributed by atoms with Gasteiger partial charge in [0.25, 0.3) is 0 Å². The Bertz CT molecular complexity index is 645. The molecule has 0 atom stereocenters. The van der Waals surface area contributed by atoms with Gasteiger partial charge in [-0.3, -0.25) is 4.68 Å². The van der Waals surface area contributed by atoms with Gasteiger partial charge in [0.05, 0.1) is 36.3 Å². The topological polar surface area (TPSA) is 61.9 Å². The minimum Gasteiger partial charge on any atom is -0.464 e. The van der Waals surface area contributed by atoms with Crippen molar-refractivity contribution in [1.29, 1.82) is 0 Å². The predicted molar refractivity (Wildman–Crippen MR) is 75.0 cm³/mol. The number of hydrogen-bond acceptors (Lipinski definition) is 4. The highest BCUT2D eigenvalue weighted by Crippen LogP contribution is 2.22. The second kappa shape index (κ2) is 5.66. The van der Waals surface area contributed by atoms with Crippen molar-refractivity contribution >= 4 is 17.6 Å². The Labute approximate surface area is 122 Å². The molecule has 0 aliphatic carbocycles. The van der Waals surface area contributed by atoms with Crippen molar-refractivity contribution in [3.05, 3.63) is 34.1 Å². The molecule has 7 heteroatoms. The predicted octanol–water partition coefficient (Wildman–Crippen LogP) is 1.98. The van der Waals surface area contributed by atoms with Crippen LogP contribution in [0.1, 0.15) is 34.6 Å². The summed E-state index contributed by atoms with van der Waals surface area (Å²) in [6.07, 6.45) is 2.27. The van der Waals surface area contributed by atoms with E-state index in [-0.39, 0.29) is 0 Å². The van der Waals surface area contributed by atoms with E-state index >= 15 is 0 Å². The fourth-order valence-electron chi connectivity index (χ4n) is 2.08. The van der Waals surface area contributed by atoms with Gasteiger partial charge >= 0.3 is 5.97 Å². The first-order valence-corrected chi connectivity index (χ1v) is 6.68. The fraction of sp³-hybridized carbons (Fsp3) is 0.462. The van der Waals surface area contributed by atoms with Crippen LogP contribution in [0.3, 0.4) is 0 Å². The lowest BCUT2D eigenvalue weighted by Gasteiger charge is -2.09. The molecular weight excluding hydrogens is 280 g/mol. The van der Waals surface area contributed by atoms with E-state index in [0.29, 0.717) is 17.3 Å². The largest absolute Gasteiger partial charge is 0.464 e. The van der Waals surface area contributed by atoms with E-state index in [4.69, 9.17) is 16.3 Å². The minimum atomic E-state index is -0.417. The van der Waals surface area contributed by atoms with Crippen LogP contribution in [-0.2, 0) is 24.8 Å². The first kappa shape index (κ1) is 14.6. The van der Waals surface area contributed by atoms with Gasteiger partial charge in [-0.1, -0.05) is 18.5 Å². The number of aryl methyl sites for hydroxylation is 3. The molecule has 0 aliphatic rings. The number of halogens is 1. The quantitative estimate of drug-likeness (QED) is 0.809. The molecule has 0 amide bonds. The van der Waals surface area contributed by atoms with Crippen LogP contribution in [0.25, 0.3) is 0 Å². The number of rotatable bonds is 4. The highest BCUT2D eigenvalue weighted by molar-refractivity contribution is 6.31. The summed E-state index contributed by atoms with van der Waals surface area (Å²) in [5, 5.41) is 5.01. The van der Waals surface area contributed by atoms with E-state index in [0.717, 1.165) is 23.6 Å². The average Bonchev–Trinajstić information content (AvgIpc) is 2.93. The van der Waals surface area contributed by atoms with Gasteiger partial charge < -0.3 is 9.30 Å². The van der Waals surface area contributed by atoms with Crippen molar-refractivity contribution in [3.8, 4) is 0 Å². The number of ether oxygens (including phenoxy) is 1. The smallest absolute Gasteiger partial charge is 0.356 e. The third-order valence-electron chi connectivity index (χ3n) is 3.26. The van der Waals surface area contributed by atoms with Crippen molar-refractivity contribution in [2.75, 3.05) is 7.11 Å². The van der Waals surface area contributed by atoms with Gasteiger partial charge in [-0.2, -0.15) is 5.10 Å². The van der Waals surface area contributed by atoms with Crippen LogP contribution in [0.4, 0.5) is 0 Å². The Kier molecular flexibility index (Phi) is 4.13. The lowest BCUT2D eigenvalue weighted by Crippen LogP contribution is -2.14. The molecule has 0 radical (unpaired) electrons. The molecule has 0 fully saturated rings. The van der Waals surface area contributed by atoms with Gasteiger partial charge in [0.2, 0.25) is 0 Å². The van der Waals surface area contributed by atoms with E-state index in [9.17, 15) is 4.79 Å². The van der Waals surface area contributed by atoms with Crippen molar-refractivity contribution < 1.29 is 9.53 Å². The highest BCUT2D eigenvalue weighted by Gasteiger charge is 2.19. The molecule has 108 valence electrons. The fourth-order valence-corrected chi connectivity index (χ4v) is 2.43. The molecule has 6 nitrogen and oxygen atoms in total. The number of nitrogens with zero attached hydrogens (tertiary/aromatic N) is 4. The Morgan fingerprint density at radius 2 is 2.20 bits per heavy atom. The molecule has 0 spiro atoms. The summed E-state index contributed by atoms with van der Waals surface area (Å²) >= 11 is 6.33. The van der Waals surface area contributed by atoms with Gasteiger partial charge in [-0.25, -0.2) is 9.78 Å². The standard InChI is InChI=1S/C13H17ClN4O2/c1-5-9-12(14)11(17(3)16-9)7-18-8(2)15-6-10(18)13(19)20-4/h6H,5,7H2,1-4H3. The molecule has 2 aromatic rings. The van der Waals surface area contributed by atoms with Crippen LogP contribution in [0.5, 0.6) is 0 Å². The van der Waals surface area contributed by atoms with E-state index in [1.54, 1.807) is 9.25 Å². The number of methoxy groups -OCH3 is 1. The summed E-state index contributed by atoms with van der Waals surface area (Å²) in [5.74, 6) is 0.306. The highest BCUT2D eigenvalue weighted by atomic mass is 35.5. The summed E-state index contributed by atoms with van der Waals surface area (Å²) < 4.78 is 8.27. The zero-order valence-electron chi connectivity index (χ0n) is 12.0. The van der Waals surface area contributed by atoms with E-state index in [1.807, 2.05) is 20.9 Å². The molecule has 0 saturated carbocycles. The lowest BCUT2D eigenvalue weighted by atomic mass is 10.3. The molecule has 0 unspecified atom stereocenters. The number of esters is 1. The Morgan fingerprint density at radius 1 is 1.50 bits per heavy atom. The Hall–Kier alpha value is -1.82. The summed E-state index contributed by atoms with van der Waals surface area (Å²) in [4.78, 5) is 15.9. The van der Waals surface area contributed by atoms with Crippen LogP contribution in [0, 0.1) is 6.92 Å². The van der Waals surface area contributed by atoms with Crippen LogP contribution in [-0.4, -0.2) is 32.4 Å². The zero-order chi connectivity index (χ0) is 14.9. The molecule has 0 aromatic carbocycles. The number of carbonyl (C=O) groups excluding carboxylic acids is 1. The lowest BCUT2D eigenvalue weighted by molar-refractivity contribution is 0.0588. The first-order chi connectivity index (χ1) is 9.49. The third kappa shape index (κ3) is 2.43. The number of imidazole rings is 1. The van der Waals surface area contributed by atoms with E-state index in [2.05, 4.69) is 10.1 Å². The second-order valence-electron chi connectivity index (χ2n) is 4.45. The third-order valence-corrected chi connectivity index (χ3v) is 3.70. The van der Waals surface area contributed by atoms with E-state index in [1.165, 1.54) is 13.3 Å². The summed E-state index contributed by atoms with van der Waals surface area (Å²) in [6, 6.07) is 0. The van der Waals surface area contributed by atoms with Gasteiger partial charge in [-0.05, 0) is 13.3 Å². The van der Waals surface area contributed by atoms with Crippen molar-refractivity contribution in [1.82, 2.24) is 19.3 Å². The molecule has 2 aromatic heterocycles. The minimum absolute atomic E-state index is 0.403. The number of hydrogen-bond donors (Lipinski definition) is 0. The monoisotopic (exact) mass is 296 g/mol. The summed E-state index contributed by atoms with van der Waals surface area (Å²) in [5.41, 5.74) is 2.09. The van der Waals surface area contributed by atoms with Gasteiger partial charge in [0, 0.05) is 7.05 Å². The van der Waals surface area contributed by atoms with Crippen molar-refractivity contribution in [2.24, 2.45) is 7.05 Å².